The molecule has 27 heavy (non-hydrogen) atoms. The zero-order chi connectivity index (χ0) is 20.2. The number of aryl methyl sites for hydroxylation is 2. The van der Waals surface area contributed by atoms with Gasteiger partial charge in [-0.05, 0) is 47.1 Å². The van der Waals surface area contributed by atoms with Crippen molar-refractivity contribution in [3.8, 4) is 0 Å². The fourth-order valence-corrected chi connectivity index (χ4v) is 2.89. The van der Waals surface area contributed by atoms with Crippen LogP contribution >= 0.6 is 0 Å². The minimum atomic E-state index is -0.321. The summed E-state index contributed by atoms with van der Waals surface area (Å²) in [4.78, 5) is 34.0. The standard InChI is InChI=1S/C21H30N4O2/c1-7-25(20(27)24-21(4,5)6)13-18-22-15(3)17(19(26)23-18)12-16-10-8-9-14(2)11-16/h8-11H,7,12-13H2,1-6H3,(H,24,27)(H,22,23,26). The van der Waals surface area contributed by atoms with Crippen LogP contribution in [0.1, 0.15) is 55.9 Å². The summed E-state index contributed by atoms with van der Waals surface area (Å²) in [7, 11) is 0. The Kier molecular flexibility index (Phi) is 6.41. The third-order valence-electron chi connectivity index (χ3n) is 4.23. The number of carbonyl (C=O) groups is 1. The van der Waals surface area contributed by atoms with Crippen LogP contribution in [0.15, 0.2) is 29.1 Å². The molecule has 0 bridgehead atoms. The molecular weight excluding hydrogens is 340 g/mol. The molecule has 0 spiro atoms. The van der Waals surface area contributed by atoms with Gasteiger partial charge in [0.2, 0.25) is 0 Å². The van der Waals surface area contributed by atoms with Crippen molar-refractivity contribution in [3.05, 3.63) is 62.8 Å². The van der Waals surface area contributed by atoms with Crippen molar-refractivity contribution in [1.82, 2.24) is 20.2 Å². The van der Waals surface area contributed by atoms with E-state index in [1.165, 1.54) is 0 Å². The summed E-state index contributed by atoms with van der Waals surface area (Å²) in [5.41, 5.74) is 3.13. The number of urea groups is 1. The Morgan fingerprint density at radius 3 is 2.52 bits per heavy atom. The second-order valence-electron chi connectivity index (χ2n) is 7.94. The lowest BCUT2D eigenvalue weighted by Gasteiger charge is -2.27. The van der Waals surface area contributed by atoms with Gasteiger partial charge in [-0.2, -0.15) is 0 Å². The fourth-order valence-electron chi connectivity index (χ4n) is 2.89. The van der Waals surface area contributed by atoms with Gasteiger partial charge >= 0.3 is 6.03 Å². The van der Waals surface area contributed by atoms with E-state index in [9.17, 15) is 9.59 Å². The third kappa shape index (κ3) is 5.94. The molecule has 146 valence electrons. The largest absolute Gasteiger partial charge is 0.333 e. The minimum absolute atomic E-state index is 0.147. The molecule has 0 unspecified atom stereocenters. The summed E-state index contributed by atoms with van der Waals surface area (Å²) < 4.78 is 0. The van der Waals surface area contributed by atoms with Crippen molar-refractivity contribution in [2.75, 3.05) is 6.54 Å². The van der Waals surface area contributed by atoms with Crippen LogP contribution in [0, 0.1) is 13.8 Å². The van der Waals surface area contributed by atoms with Crippen molar-refractivity contribution < 1.29 is 4.79 Å². The van der Waals surface area contributed by atoms with Gasteiger partial charge in [-0.15, -0.1) is 0 Å². The highest BCUT2D eigenvalue weighted by Gasteiger charge is 2.20. The zero-order valence-electron chi connectivity index (χ0n) is 17.1. The van der Waals surface area contributed by atoms with Gasteiger partial charge in [0.1, 0.15) is 5.82 Å². The van der Waals surface area contributed by atoms with Gasteiger partial charge in [0.05, 0.1) is 6.54 Å². The maximum atomic E-state index is 12.6. The van der Waals surface area contributed by atoms with Gasteiger partial charge in [0, 0.05) is 29.8 Å². The number of H-pyrrole nitrogens is 1. The topological polar surface area (TPSA) is 78.1 Å². The first-order valence-corrected chi connectivity index (χ1v) is 9.30. The van der Waals surface area contributed by atoms with Gasteiger partial charge in [0.15, 0.2) is 0 Å². The van der Waals surface area contributed by atoms with E-state index in [4.69, 9.17) is 0 Å². The Bertz CT molecular complexity index is 865. The molecule has 2 N–H and O–H groups in total. The highest BCUT2D eigenvalue weighted by atomic mass is 16.2. The highest BCUT2D eigenvalue weighted by molar-refractivity contribution is 5.74. The number of rotatable bonds is 5. The van der Waals surface area contributed by atoms with Crippen LogP contribution in [0.3, 0.4) is 0 Å². The van der Waals surface area contributed by atoms with Gasteiger partial charge < -0.3 is 15.2 Å². The van der Waals surface area contributed by atoms with Gasteiger partial charge in [-0.1, -0.05) is 29.8 Å². The number of aromatic amines is 1. The Labute approximate surface area is 161 Å². The van der Waals surface area contributed by atoms with Crippen molar-refractivity contribution in [2.45, 2.75) is 60.0 Å². The zero-order valence-corrected chi connectivity index (χ0v) is 17.1. The molecule has 1 aromatic heterocycles. The Hall–Kier alpha value is -2.63. The molecule has 0 atom stereocenters. The van der Waals surface area contributed by atoms with Crippen LogP contribution in [0.2, 0.25) is 0 Å². The molecule has 2 rings (SSSR count). The maximum Gasteiger partial charge on any atom is 0.318 e. The molecule has 0 aliphatic heterocycles. The number of hydrogen-bond acceptors (Lipinski definition) is 3. The second-order valence-corrected chi connectivity index (χ2v) is 7.94. The molecule has 0 radical (unpaired) electrons. The molecule has 6 heteroatoms. The van der Waals surface area contributed by atoms with Crippen molar-refractivity contribution in [3.63, 3.8) is 0 Å². The number of nitrogens with one attached hydrogen (secondary N) is 2. The van der Waals surface area contributed by atoms with Crippen LogP contribution in [-0.2, 0) is 13.0 Å². The van der Waals surface area contributed by atoms with Crippen molar-refractivity contribution in [2.24, 2.45) is 0 Å². The van der Waals surface area contributed by atoms with E-state index < -0.39 is 0 Å². The Morgan fingerprint density at radius 2 is 1.96 bits per heavy atom. The van der Waals surface area contributed by atoms with Crippen LogP contribution in [0.25, 0.3) is 0 Å². The van der Waals surface area contributed by atoms with E-state index in [1.807, 2.05) is 59.7 Å². The van der Waals surface area contributed by atoms with E-state index in [2.05, 4.69) is 21.4 Å². The van der Waals surface area contributed by atoms with E-state index in [0.717, 1.165) is 11.1 Å². The molecule has 0 saturated heterocycles. The van der Waals surface area contributed by atoms with Crippen LogP contribution in [-0.4, -0.2) is 33.0 Å². The maximum absolute atomic E-state index is 12.6. The van der Waals surface area contributed by atoms with Crippen LogP contribution in [0.4, 0.5) is 4.79 Å². The first kappa shape index (κ1) is 20.7. The van der Waals surface area contributed by atoms with Crippen molar-refractivity contribution >= 4 is 6.03 Å². The first-order valence-electron chi connectivity index (χ1n) is 9.30. The number of benzene rings is 1. The lowest BCUT2D eigenvalue weighted by molar-refractivity contribution is 0.187. The Morgan fingerprint density at radius 1 is 1.26 bits per heavy atom. The monoisotopic (exact) mass is 370 g/mol. The lowest BCUT2D eigenvalue weighted by atomic mass is 10.0. The minimum Gasteiger partial charge on any atom is -0.333 e. The molecule has 0 saturated carbocycles. The predicted octanol–water partition coefficient (Wildman–Crippen LogP) is 3.31. The summed E-state index contributed by atoms with van der Waals surface area (Å²) in [6, 6.07) is 7.93. The van der Waals surface area contributed by atoms with Crippen molar-refractivity contribution in [1.29, 1.82) is 0 Å². The quantitative estimate of drug-likeness (QED) is 0.847. The highest BCUT2D eigenvalue weighted by Crippen LogP contribution is 2.11. The van der Waals surface area contributed by atoms with Crippen LogP contribution < -0.4 is 10.9 Å². The molecule has 2 aromatic rings. The fraction of sp³-hybridized carbons (Fsp3) is 0.476. The first-order chi connectivity index (χ1) is 12.6. The molecule has 1 heterocycles. The smallest absolute Gasteiger partial charge is 0.318 e. The molecule has 2 amide bonds. The number of nitrogens with zero attached hydrogens (tertiary/aromatic N) is 2. The summed E-state index contributed by atoms with van der Waals surface area (Å²) in [6.45, 7) is 12.4. The Balaban J connectivity index is 2.20. The second kappa shape index (κ2) is 8.37. The normalized spacial score (nSPS) is 11.3. The summed E-state index contributed by atoms with van der Waals surface area (Å²) in [5.74, 6) is 0.497. The molecular formula is C21H30N4O2. The van der Waals surface area contributed by atoms with E-state index in [-0.39, 0.29) is 23.7 Å². The molecule has 6 nitrogen and oxygen atoms in total. The summed E-state index contributed by atoms with van der Waals surface area (Å²) >= 11 is 0. The SMILES string of the molecule is CCN(Cc1nc(C)c(Cc2cccc(C)c2)c(=O)[nH]1)C(=O)NC(C)(C)C. The van der Waals surface area contributed by atoms with E-state index in [0.29, 0.717) is 30.0 Å². The van der Waals surface area contributed by atoms with Gasteiger partial charge in [0.25, 0.3) is 5.56 Å². The molecule has 0 aliphatic rings. The van der Waals surface area contributed by atoms with Crippen LogP contribution in [0.5, 0.6) is 0 Å². The lowest BCUT2D eigenvalue weighted by Crippen LogP contribution is -2.48. The third-order valence-corrected chi connectivity index (χ3v) is 4.23. The summed E-state index contributed by atoms with van der Waals surface area (Å²) in [5, 5.41) is 2.94. The van der Waals surface area contributed by atoms with E-state index in [1.54, 1.807) is 4.90 Å². The van der Waals surface area contributed by atoms with E-state index >= 15 is 0 Å². The number of hydrogen-bond donors (Lipinski definition) is 2. The van der Waals surface area contributed by atoms with Gasteiger partial charge in [-0.3, -0.25) is 4.79 Å². The summed E-state index contributed by atoms with van der Waals surface area (Å²) in [6.07, 6.45) is 0.540. The number of aromatic nitrogens is 2. The molecule has 0 fully saturated rings. The molecule has 0 aliphatic carbocycles. The molecule has 1 aromatic carbocycles. The number of amides is 2. The van der Waals surface area contributed by atoms with Gasteiger partial charge in [-0.25, -0.2) is 9.78 Å². The number of carbonyl (C=O) groups excluding carboxylic acids is 1. The average molecular weight is 370 g/mol. The predicted molar refractivity (Wildman–Crippen MR) is 108 cm³/mol. The average Bonchev–Trinajstić information content (AvgIpc) is 2.54.